The molecule has 1 aromatic rings. The van der Waals surface area contributed by atoms with Gasteiger partial charge in [0.15, 0.2) is 4.11 Å². The molecule has 2 unspecified atom stereocenters. The number of amides is 1. The molecule has 0 fully saturated rings. The Bertz CT molecular complexity index is 480. The second-order valence-electron chi connectivity index (χ2n) is 3.32. The van der Waals surface area contributed by atoms with Gasteiger partial charge in [0, 0.05) is 12.6 Å². The number of hydrogen-bond donors (Lipinski definition) is 3. The van der Waals surface area contributed by atoms with E-state index >= 15 is 0 Å². The van der Waals surface area contributed by atoms with Gasteiger partial charge in [0.25, 0.3) is 0 Å². The SMILES string of the molecule is CC#COC(I)C(O)c1cccc(NC(=O)O)c1. The van der Waals surface area contributed by atoms with Crippen molar-refractivity contribution < 1.29 is 19.7 Å². The number of carboxylic acid groups (broad SMARTS) is 1. The third-order valence-corrected chi connectivity index (χ3v) is 2.94. The zero-order valence-electron chi connectivity index (χ0n) is 9.55. The molecule has 5 nitrogen and oxygen atoms in total. The van der Waals surface area contributed by atoms with Gasteiger partial charge in [-0.15, -0.1) is 0 Å². The average Bonchev–Trinajstić information content (AvgIpc) is 2.34. The summed E-state index contributed by atoms with van der Waals surface area (Å²) < 4.78 is 4.53. The maximum absolute atomic E-state index is 10.5. The summed E-state index contributed by atoms with van der Waals surface area (Å²) in [5.74, 6) is 2.56. The van der Waals surface area contributed by atoms with Gasteiger partial charge >= 0.3 is 6.09 Å². The summed E-state index contributed by atoms with van der Waals surface area (Å²) >= 11 is 1.92. The van der Waals surface area contributed by atoms with Crippen molar-refractivity contribution >= 4 is 34.4 Å². The van der Waals surface area contributed by atoms with Crippen molar-refractivity contribution in [1.82, 2.24) is 0 Å². The number of carbonyl (C=O) groups is 1. The van der Waals surface area contributed by atoms with Crippen LogP contribution in [0.3, 0.4) is 0 Å². The molecule has 1 amide bonds. The molecule has 18 heavy (non-hydrogen) atoms. The summed E-state index contributed by atoms with van der Waals surface area (Å²) in [5, 5.41) is 20.8. The summed E-state index contributed by atoms with van der Waals surface area (Å²) in [7, 11) is 0. The fourth-order valence-corrected chi connectivity index (χ4v) is 1.80. The predicted octanol–water partition coefficient (Wildman–Crippen LogP) is 2.57. The Kier molecular flexibility index (Phi) is 5.74. The fraction of sp³-hybridized carbons (Fsp3) is 0.250. The predicted molar refractivity (Wildman–Crippen MR) is 75.4 cm³/mol. The number of anilines is 1. The van der Waals surface area contributed by atoms with Gasteiger partial charge in [-0.05, 0) is 40.3 Å². The van der Waals surface area contributed by atoms with Crippen LogP contribution in [0.4, 0.5) is 10.5 Å². The van der Waals surface area contributed by atoms with E-state index in [4.69, 9.17) is 9.84 Å². The van der Waals surface area contributed by atoms with Gasteiger partial charge in [-0.3, -0.25) is 5.32 Å². The van der Waals surface area contributed by atoms with Crippen LogP contribution in [-0.2, 0) is 4.74 Å². The second-order valence-corrected chi connectivity index (χ2v) is 4.55. The summed E-state index contributed by atoms with van der Waals surface area (Å²) in [6.45, 7) is 1.63. The first kappa shape index (κ1) is 14.6. The molecule has 0 aliphatic rings. The molecule has 2 atom stereocenters. The molecule has 0 aliphatic heterocycles. The van der Waals surface area contributed by atoms with Crippen LogP contribution in [0.25, 0.3) is 0 Å². The van der Waals surface area contributed by atoms with Crippen molar-refractivity contribution in [3.8, 4) is 12.0 Å². The highest BCUT2D eigenvalue weighted by molar-refractivity contribution is 14.1. The van der Waals surface area contributed by atoms with E-state index in [1.54, 1.807) is 31.2 Å². The second kappa shape index (κ2) is 7.08. The van der Waals surface area contributed by atoms with Crippen LogP contribution < -0.4 is 5.32 Å². The molecule has 0 aromatic heterocycles. The van der Waals surface area contributed by atoms with Crippen LogP contribution >= 0.6 is 22.6 Å². The molecule has 6 heteroatoms. The van der Waals surface area contributed by atoms with E-state index in [0.29, 0.717) is 11.3 Å². The van der Waals surface area contributed by atoms with Crippen LogP contribution in [0.5, 0.6) is 0 Å². The number of aliphatic hydroxyl groups excluding tert-OH is 1. The molecule has 0 spiro atoms. The normalized spacial score (nSPS) is 12.8. The highest BCUT2D eigenvalue weighted by Crippen LogP contribution is 2.25. The van der Waals surface area contributed by atoms with Crippen molar-refractivity contribution in [2.45, 2.75) is 17.1 Å². The first-order chi connectivity index (χ1) is 8.54. The standard InChI is InChI=1S/C12H12INO4/c1-2-6-18-11(13)10(15)8-4-3-5-9(7-8)14-12(16)17/h3-5,7,10-11,14-15H,1H3,(H,16,17). The van der Waals surface area contributed by atoms with Crippen LogP contribution in [0, 0.1) is 12.0 Å². The van der Waals surface area contributed by atoms with Crippen LogP contribution in [0.1, 0.15) is 18.6 Å². The lowest BCUT2D eigenvalue weighted by molar-refractivity contribution is 0.0813. The fourth-order valence-electron chi connectivity index (χ4n) is 1.25. The minimum Gasteiger partial charge on any atom is -0.465 e. The Hall–Kier alpha value is -1.46. The van der Waals surface area contributed by atoms with Crippen molar-refractivity contribution in [2.75, 3.05) is 5.32 Å². The number of hydrogen-bond acceptors (Lipinski definition) is 3. The zero-order chi connectivity index (χ0) is 13.5. The van der Waals surface area contributed by atoms with Crippen molar-refractivity contribution in [1.29, 1.82) is 0 Å². The van der Waals surface area contributed by atoms with Gasteiger partial charge in [-0.2, -0.15) is 0 Å². The molecule has 0 saturated heterocycles. The number of ether oxygens (including phenoxy) is 1. The van der Waals surface area contributed by atoms with E-state index in [1.807, 2.05) is 22.6 Å². The number of rotatable bonds is 4. The summed E-state index contributed by atoms with van der Waals surface area (Å²) in [6.07, 6.45) is 0.379. The summed E-state index contributed by atoms with van der Waals surface area (Å²) in [6, 6.07) is 6.48. The maximum atomic E-state index is 10.5. The van der Waals surface area contributed by atoms with Crippen molar-refractivity contribution in [3.05, 3.63) is 29.8 Å². The summed E-state index contributed by atoms with van der Waals surface area (Å²) in [4.78, 5) is 10.5. The Balaban J connectivity index is 2.80. The van der Waals surface area contributed by atoms with Crippen molar-refractivity contribution in [2.24, 2.45) is 0 Å². The van der Waals surface area contributed by atoms with Gasteiger partial charge in [0.1, 0.15) is 12.2 Å². The lowest BCUT2D eigenvalue weighted by Crippen LogP contribution is -2.14. The first-order valence-corrected chi connectivity index (χ1v) is 6.28. The average molecular weight is 361 g/mol. The van der Waals surface area contributed by atoms with Gasteiger partial charge in [-0.25, -0.2) is 4.79 Å². The molecule has 0 radical (unpaired) electrons. The maximum Gasteiger partial charge on any atom is 0.409 e. The highest BCUT2D eigenvalue weighted by Gasteiger charge is 2.19. The van der Waals surface area contributed by atoms with Gasteiger partial charge < -0.3 is 14.9 Å². The minimum atomic E-state index is -1.15. The molecular formula is C12H12INO4. The molecule has 0 saturated carbocycles. The smallest absolute Gasteiger partial charge is 0.409 e. The van der Waals surface area contributed by atoms with E-state index in [-0.39, 0.29) is 0 Å². The van der Waals surface area contributed by atoms with Gasteiger partial charge in [0.05, 0.1) is 0 Å². The lowest BCUT2D eigenvalue weighted by atomic mass is 10.1. The Morgan fingerprint density at radius 2 is 2.28 bits per heavy atom. The van der Waals surface area contributed by atoms with Gasteiger partial charge in [0.2, 0.25) is 0 Å². The van der Waals surface area contributed by atoms with Crippen LogP contribution in [0.2, 0.25) is 0 Å². The largest absolute Gasteiger partial charge is 0.465 e. The quantitative estimate of drug-likeness (QED) is 0.438. The molecule has 0 heterocycles. The molecule has 96 valence electrons. The Morgan fingerprint density at radius 1 is 1.56 bits per heavy atom. The molecule has 0 bridgehead atoms. The molecular weight excluding hydrogens is 349 g/mol. The lowest BCUT2D eigenvalue weighted by Gasteiger charge is -2.16. The Labute approximate surface area is 118 Å². The molecule has 0 aliphatic carbocycles. The van der Waals surface area contributed by atoms with E-state index in [9.17, 15) is 9.90 Å². The number of halogens is 1. The number of nitrogens with one attached hydrogen (secondary N) is 1. The first-order valence-electron chi connectivity index (χ1n) is 5.04. The van der Waals surface area contributed by atoms with Crippen LogP contribution in [-0.4, -0.2) is 20.4 Å². The highest BCUT2D eigenvalue weighted by atomic mass is 127. The van der Waals surface area contributed by atoms with Gasteiger partial charge in [-0.1, -0.05) is 18.1 Å². The molecule has 3 N–H and O–H groups in total. The number of aliphatic hydroxyl groups is 1. The van der Waals surface area contributed by atoms with E-state index in [2.05, 4.69) is 17.3 Å². The summed E-state index contributed by atoms with van der Waals surface area (Å²) in [5.41, 5.74) is 0.947. The Morgan fingerprint density at radius 3 is 2.89 bits per heavy atom. The topological polar surface area (TPSA) is 78.8 Å². The van der Waals surface area contributed by atoms with Crippen molar-refractivity contribution in [3.63, 3.8) is 0 Å². The van der Waals surface area contributed by atoms with E-state index in [1.165, 1.54) is 0 Å². The third-order valence-electron chi connectivity index (χ3n) is 2.00. The van der Waals surface area contributed by atoms with E-state index in [0.717, 1.165) is 0 Å². The molecule has 1 rings (SSSR count). The van der Waals surface area contributed by atoms with E-state index < -0.39 is 16.3 Å². The zero-order valence-corrected chi connectivity index (χ0v) is 11.7. The minimum absolute atomic E-state index is 0.393. The number of benzene rings is 1. The third kappa shape index (κ3) is 4.43. The number of alkyl halides is 1. The van der Waals surface area contributed by atoms with Crippen LogP contribution in [0.15, 0.2) is 24.3 Å². The monoisotopic (exact) mass is 361 g/mol. The molecule has 1 aromatic carbocycles.